The van der Waals surface area contributed by atoms with Crippen molar-refractivity contribution in [2.75, 3.05) is 13.1 Å². The van der Waals surface area contributed by atoms with Crippen LogP contribution in [-0.2, 0) is 6.54 Å². The molecule has 2 aromatic rings. The molecule has 0 spiro atoms. The number of hydroxylamine groups is 1. The summed E-state index contributed by atoms with van der Waals surface area (Å²) in [7, 11) is 0. The van der Waals surface area contributed by atoms with Crippen LogP contribution in [0.5, 0.6) is 0 Å². The zero-order valence-corrected chi connectivity index (χ0v) is 16.6. The molecule has 6 nitrogen and oxygen atoms in total. The summed E-state index contributed by atoms with van der Waals surface area (Å²) in [5, 5.41) is 8.70. The molecular weight excluding hydrogens is 354 g/mol. The Kier molecular flexibility index (Phi) is 6.11. The average molecular weight is 381 g/mol. The van der Waals surface area contributed by atoms with Crippen molar-refractivity contribution in [1.82, 2.24) is 15.3 Å². The molecule has 6 heteroatoms. The summed E-state index contributed by atoms with van der Waals surface area (Å²) in [4.78, 5) is 28.7. The molecule has 0 unspecified atom stereocenters. The number of aryl methyl sites for hydroxylation is 1. The van der Waals surface area contributed by atoms with E-state index in [-0.39, 0.29) is 18.0 Å². The topological polar surface area (TPSA) is 72.9 Å². The fourth-order valence-electron chi connectivity index (χ4n) is 3.89. The standard InChI is InChI=1S/C22H27N3O3/c1-15-4-8-20(9-5-15)22(27)25-16(2)12-24(13-17(25)3)14-18-6-10-19(11-7-18)21(26)23-28/h4-11,16-17,28H,12-14H2,1-3H3,(H,23,26)/t16-,17+. The first kappa shape index (κ1) is 20.0. The van der Waals surface area contributed by atoms with Gasteiger partial charge in [-0.15, -0.1) is 0 Å². The number of carbonyl (C=O) groups is 2. The van der Waals surface area contributed by atoms with Gasteiger partial charge < -0.3 is 4.90 Å². The van der Waals surface area contributed by atoms with Gasteiger partial charge in [-0.1, -0.05) is 29.8 Å². The van der Waals surface area contributed by atoms with Gasteiger partial charge >= 0.3 is 0 Å². The number of rotatable bonds is 4. The number of benzene rings is 2. The Hall–Kier alpha value is -2.70. The van der Waals surface area contributed by atoms with Gasteiger partial charge in [-0.3, -0.25) is 19.7 Å². The lowest BCUT2D eigenvalue weighted by Crippen LogP contribution is -2.58. The lowest BCUT2D eigenvalue weighted by molar-refractivity contribution is 0.0268. The van der Waals surface area contributed by atoms with Gasteiger partial charge in [-0.05, 0) is 50.6 Å². The van der Waals surface area contributed by atoms with E-state index in [0.717, 1.165) is 36.3 Å². The van der Waals surface area contributed by atoms with Gasteiger partial charge in [0.15, 0.2) is 0 Å². The van der Waals surface area contributed by atoms with Crippen molar-refractivity contribution in [2.45, 2.75) is 39.4 Å². The quantitative estimate of drug-likeness (QED) is 0.631. The molecule has 2 amide bonds. The van der Waals surface area contributed by atoms with E-state index >= 15 is 0 Å². The smallest absolute Gasteiger partial charge is 0.274 e. The molecule has 1 saturated heterocycles. The van der Waals surface area contributed by atoms with Crippen molar-refractivity contribution in [1.29, 1.82) is 0 Å². The van der Waals surface area contributed by atoms with Crippen molar-refractivity contribution in [3.8, 4) is 0 Å². The zero-order valence-electron chi connectivity index (χ0n) is 16.6. The van der Waals surface area contributed by atoms with Crippen LogP contribution in [0.2, 0.25) is 0 Å². The molecule has 2 aromatic carbocycles. The molecule has 0 aliphatic carbocycles. The molecular formula is C22H27N3O3. The van der Waals surface area contributed by atoms with Crippen LogP contribution in [0.15, 0.2) is 48.5 Å². The molecule has 0 saturated carbocycles. The Labute approximate surface area is 165 Å². The van der Waals surface area contributed by atoms with Crippen LogP contribution in [0.3, 0.4) is 0 Å². The average Bonchev–Trinajstić information content (AvgIpc) is 2.68. The van der Waals surface area contributed by atoms with Crippen LogP contribution in [0.25, 0.3) is 0 Å². The molecule has 2 N–H and O–H groups in total. The minimum atomic E-state index is -0.517. The van der Waals surface area contributed by atoms with Gasteiger partial charge in [0, 0.05) is 42.8 Å². The highest BCUT2D eigenvalue weighted by Crippen LogP contribution is 2.21. The van der Waals surface area contributed by atoms with E-state index in [9.17, 15) is 9.59 Å². The van der Waals surface area contributed by atoms with E-state index in [4.69, 9.17) is 5.21 Å². The van der Waals surface area contributed by atoms with Crippen molar-refractivity contribution in [3.63, 3.8) is 0 Å². The molecule has 0 bridgehead atoms. The summed E-state index contributed by atoms with van der Waals surface area (Å²) in [6, 6.07) is 15.1. The van der Waals surface area contributed by atoms with E-state index in [1.807, 2.05) is 48.2 Å². The molecule has 1 aliphatic heterocycles. The Morgan fingerprint density at radius 1 is 0.964 bits per heavy atom. The number of carbonyl (C=O) groups excluding carboxylic acids is 2. The van der Waals surface area contributed by atoms with Gasteiger partial charge in [-0.2, -0.15) is 0 Å². The van der Waals surface area contributed by atoms with Crippen LogP contribution >= 0.6 is 0 Å². The molecule has 1 heterocycles. The second-order valence-electron chi connectivity index (χ2n) is 7.61. The predicted molar refractivity (Wildman–Crippen MR) is 107 cm³/mol. The summed E-state index contributed by atoms with van der Waals surface area (Å²) in [6.07, 6.45) is 0. The SMILES string of the molecule is Cc1ccc(C(=O)N2[C@H](C)CN(Cc3ccc(C(=O)NO)cc3)C[C@@H]2C)cc1. The fraction of sp³-hybridized carbons (Fsp3) is 0.364. The maximum absolute atomic E-state index is 13.0. The molecule has 1 fully saturated rings. The minimum Gasteiger partial charge on any atom is -0.331 e. The monoisotopic (exact) mass is 381 g/mol. The third-order valence-corrected chi connectivity index (χ3v) is 5.25. The van der Waals surface area contributed by atoms with Crippen LogP contribution in [-0.4, -0.2) is 52.0 Å². The number of hydrogen-bond donors (Lipinski definition) is 2. The molecule has 28 heavy (non-hydrogen) atoms. The molecule has 0 radical (unpaired) electrons. The zero-order chi connectivity index (χ0) is 20.3. The Morgan fingerprint density at radius 3 is 2.04 bits per heavy atom. The van der Waals surface area contributed by atoms with Crippen LogP contribution in [0.1, 0.15) is 45.7 Å². The number of piperazine rings is 1. The van der Waals surface area contributed by atoms with Crippen LogP contribution in [0.4, 0.5) is 0 Å². The maximum atomic E-state index is 13.0. The first-order chi connectivity index (χ1) is 13.4. The maximum Gasteiger partial charge on any atom is 0.274 e. The van der Waals surface area contributed by atoms with E-state index in [1.165, 1.54) is 0 Å². The lowest BCUT2D eigenvalue weighted by atomic mass is 10.0. The van der Waals surface area contributed by atoms with Crippen molar-refractivity contribution in [3.05, 3.63) is 70.8 Å². The third-order valence-electron chi connectivity index (χ3n) is 5.25. The van der Waals surface area contributed by atoms with Gasteiger partial charge in [-0.25, -0.2) is 5.48 Å². The Morgan fingerprint density at radius 2 is 1.50 bits per heavy atom. The predicted octanol–water partition coefficient (Wildman–Crippen LogP) is 2.85. The fourth-order valence-corrected chi connectivity index (χ4v) is 3.89. The number of amides is 2. The van der Waals surface area contributed by atoms with Crippen molar-refractivity contribution < 1.29 is 14.8 Å². The number of nitrogens with one attached hydrogen (secondary N) is 1. The summed E-state index contributed by atoms with van der Waals surface area (Å²) >= 11 is 0. The molecule has 1 aliphatic rings. The minimum absolute atomic E-state index is 0.0824. The third kappa shape index (κ3) is 4.40. The number of nitrogens with zero attached hydrogens (tertiary/aromatic N) is 2. The molecule has 0 aromatic heterocycles. The summed E-state index contributed by atoms with van der Waals surface area (Å²) in [6.45, 7) is 8.53. The van der Waals surface area contributed by atoms with Gasteiger partial charge in [0.1, 0.15) is 0 Å². The van der Waals surface area contributed by atoms with Gasteiger partial charge in [0.25, 0.3) is 11.8 Å². The Bertz CT molecular complexity index is 821. The van der Waals surface area contributed by atoms with Gasteiger partial charge in [0.2, 0.25) is 0 Å². The second kappa shape index (κ2) is 8.54. The largest absolute Gasteiger partial charge is 0.331 e. The van der Waals surface area contributed by atoms with E-state index < -0.39 is 5.91 Å². The van der Waals surface area contributed by atoms with E-state index in [2.05, 4.69) is 18.7 Å². The highest BCUT2D eigenvalue weighted by atomic mass is 16.5. The first-order valence-corrected chi connectivity index (χ1v) is 9.54. The molecule has 2 atom stereocenters. The molecule has 3 rings (SSSR count). The summed E-state index contributed by atoms with van der Waals surface area (Å²) in [5.41, 5.74) is 5.02. The van der Waals surface area contributed by atoms with E-state index in [1.54, 1.807) is 17.6 Å². The highest BCUT2D eigenvalue weighted by Gasteiger charge is 2.33. The summed E-state index contributed by atoms with van der Waals surface area (Å²) < 4.78 is 0. The van der Waals surface area contributed by atoms with E-state index in [0.29, 0.717) is 5.56 Å². The normalized spacial score (nSPS) is 20.1. The van der Waals surface area contributed by atoms with Crippen molar-refractivity contribution >= 4 is 11.8 Å². The first-order valence-electron chi connectivity index (χ1n) is 9.54. The number of hydrogen-bond acceptors (Lipinski definition) is 4. The highest BCUT2D eigenvalue weighted by molar-refractivity contribution is 5.95. The van der Waals surface area contributed by atoms with Crippen molar-refractivity contribution in [2.24, 2.45) is 0 Å². The lowest BCUT2D eigenvalue weighted by Gasteiger charge is -2.44. The Balaban J connectivity index is 1.65. The van der Waals surface area contributed by atoms with Crippen LogP contribution < -0.4 is 5.48 Å². The second-order valence-corrected chi connectivity index (χ2v) is 7.61. The summed E-state index contributed by atoms with van der Waals surface area (Å²) in [5.74, 6) is -0.434. The van der Waals surface area contributed by atoms with Gasteiger partial charge in [0.05, 0.1) is 0 Å². The van der Waals surface area contributed by atoms with Crippen LogP contribution in [0, 0.1) is 6.92 Å². The molecule has 148 valence electrons.